The maximum atomic E-state index is 12.5. The van der Waals surface area contributed by atoms with Crippen LogP contribution < -0.4 is 0 Å². The molecule has 1 aliphatic carbocycles. The Balaban J connectivity index is 1.70. The van der Waals surface area contributed by atoms with Gasteiger partial charge in [0.1, 0.15) is 0 Å². The lowest BCUT2D eigenvalue weighted by Crippen LogP contribution is -2.55. The fraction of sp³-hybridized carbons (Fsp3) is 0.550. The number of hydrogen-bond acceptors (Lipinski definition) is 3. The van der Waals surface area contributed by atoms with Crippen molar-refractivity contribution in [3.8, 4) is 0 Å². The molecule has 1 fully saturated rings. The second kappa shape index (κ2) is 6.98. The number of Topliss-reactive ketones (excluding diaryl/α,β-unsaturated/α-hetero) is 1. The molecule has 1 unspecified atom stereocenters. The zero-order valence-electron chi connectivity index (χ0n) is 14.4. The second-order valence-electron chi connectivity index (χ2n) is 7.47. The standard InChI is InChI=1S/C20H28N2O/c1-20(18-11-7-4-8-12-18)14-21(2)16-22(15-20)13-19(23)17-9-5-3-6-10-17/h3,5-6,9-11H,4,7-8,12-16H2,1-2H3. The number of rotatable bonds is 4. The number of carbonyl (C=O) groups is 1. The highest BCUT2D eigenvalue weighted by Crippen LogP contribution is 2.37. The molecule has 1 aliphatic heterocycles. The SMILES string of the molecule is CN1CN(CC(=O)c2ccccc2)CC(C)(C2=CCCCC2)C1. The molecule has 0 N–H and O–H groups in total. The van der Waals surface area contributed by atoms with Crippen LogP contribution >= 0.6 is 0 Å². The largest absolute Gasteiger partial charge is 0.293 e. The summed E-state index contributed by atoms with van der Waals surface area (Å²) < 4.78 is 0. The van der Waals surface area contributed by atoms with Crippen molar-refractivity contribution in [1.82, 2.24) is 9.80 Å². The quantitative estimate of drug-likeness (QED) is 0.627. The van der Waals surface area contributed by atoms with Crippen molar-refractivity contribution in [2.75, 3.05) is 33.4 Å². The zero-order chi connectivity index (χ0) is 16.3. The van der Waals surface area contributed by atoms with E-state index < -0.39 is 0 Å². The number of nitrogens with zero attached hydrogens (tertiary/aromatic N) is 2. The zero-order valence-corrected chi connectivity index (χ0v) is 14.4. The summed E-state index contributed by atoms with van der Waals surface area (Å²) in [5, 5.41) is 0. The van der Waals surface area contributed by atoms with Crippen LogP contribution in [0.2, 0.25) is 0 Å². The van der Waals surface area contributed by atoms with E-state index >= 15 is 0 Å². The Bertz CT molecular complexity index is 581. The predicted molar refractivity (Wildman–Crippen MR) is 94.5 cm³/mol. The predicted octanol–water partition coefficient (Wildman–Crippen LogP) is 3.58. The summed E-state index contributed by atoms with van der Waals surface area (Å²) in [6.07, 6.45) is 7.54. The minimum Gasteiger partial charge on any atom is -0.293 e. The molecule has 1 atom stereocenters. The number of benzene rings is 1. The molecule has 2 aliphatic rings. The van der Waals surface area contributed by atoms with Gasteiger partial charge in [-0.2, -0.15) is 0 Å². The lowest BCUT2D eigenvalue weighted by molar-refractivity contribution is 0.0313. The van der Waals surface area contributed by atoms with Gasteiger partial charge in [0.2, 0.25) is 0 Å². The average Bonchev–Trinajstić information content (AvgIpc) is 2.55. The highest BCUT2D eigenvalue weighted by atomic mass is 16.1. The van der Waals surface area contributed by atoms with Crippen LogP contribution in [-0.2, 0) is 0 Å². The third-order valence-corrected chi connectivity index (χ3v) is 5.16. The summed E-state index contributed by atoms with van der Waals surface area (Å²) in [7, 11) is 2.17. The van der Waals surface area contributed by atoms with Crippen molar-refractivity contribution in [1.29, 1.82) is 0 Å². The molecule has 1 heterocycles. The fourth-order valence-corrected chi connectivity index (χ4v) is 4.19. The molecule has 0 bridgehead atoms. The molecule has 1 saturated heterocycles. The summed E-state index contributed by atoms with van der Waals surface area (Å²) >= 11 is 0. The molecule has 124 valence electrons. The van der Waals surface area contributed by atoms with Gasteiger partial charge in [-0.1, -0.05) is 48.9 Å². The van der Waals surface area contributed by atoms with Gasteiger partial charge in [0.25, 0.3) is 0 Å². The summed E-state index contributed by atoms with van der Waals surface area (Å²) in [6.45, 7) is 5.84. The topological polar surface area (TPSA) is 23.6 Å². The molecule has 0 amide bonds. The Morgan fingerprint density at radius 3 is 2.65 bits per heavy atom. The molecule has 0 spiro atoms. The third kappa shape index (κ3) is 3.91. The van der Waals surface area contributed by atoms with Crippen molar-refractivity contribution in [2.24, 2.45) is 5.41 Å². The van der Waals surface area contributed by atoms with Crippen LogP contribution in [0, 0.1) is 5.41 Å². The Morgan fingerprint density at radius 2 is 1.96 bits per heavy atom. The van der Waals surface area contributed by atoms with E-state index in [1.54, 1.807) is 5.57 Å². The second-order valence-corrected chi connectivity index (χ2v) is 7.47. The van der Waals surface area contributed by atoms with Crippen LogP contribution in [0.5, 0.6) is 0 Å². The number of hydrogen-bond donors (Lipinski definition) is 0. The minimum absolute atomic E-state index is 0.185. The van der Waals surface area contributed by atoms with Crippen molar-refractivity contribution in [2.45, 2.75) is 32.6 Å². The van der Waals surface area contributed by atoms with Gasteiger partial charge in [0.05, 0.1) is 13.2 Å². The molecule has 3 heteroatoms. The van der Waals surface area contributed by atoms with Crippen molar-refractivity contribution in [3.63, 3.8) is 0 Å². The van der Waals surface area contributed by atoms with E-state index in [2.05, 4.69) is 29.8 Å². The fourth-order valence-electron chi connectivity index (χ4n) is 4.19. The van der Waals surface area contributed by atoms with E-state index in [1.165, 1.54) is 25.7 Å². The Hall–Kier alpha value is -1.45. The average molecular weight is 312 g/mol. The minimum atomic E-state index is 0.185. The molecular weight excluding hydrogens is 284 g/mol. The van der Waals surface area contributed by atoms with Crippen LogP contribution in [0.25, 0.3) is 0 Å². The first-order chi connectivity index (χ1) is 11.1. The Morgan fingerprint density at radius 1 is 1.17 bits per heavy atom. The molecule has 0 radical (unpaired) electrons. The third-order valence-electron chi connectivity index (χ3n) is 5.16. The molecular formula is C20H28N2O. The molecule has 3 rings (SSSR count). The Kier molecular flexibility index (Phi) is 4.98. The first kappa shape index (κ1) is 16.4. The maximum absolute atomic E-state index is 12.5. The first-order valence-corrected chi connectivity index (χ1v) is 8.75. The van der Waals surface area contributed by atoms with E-state index in [-0.39, 0.29) is 11.2 Å². The van der Waals surface area contributed by atoms with Gasteiger partial charge >= 0.3 is 0 Å². The van der Waals surface area contributed by atoms with Crippen molar-refractivity contribution < 1.29 is 4.79 Å². The van der Waals surface area contributed by atoms with Gasteiger partial charge in [0, 0.05) is 24.1 Å². The van der Waals surface area contributed by atoms with Crippen molar-refractivity contribution >= 4 is 5.78 Å². The molecule has 0 aromatic heterocycles. The lowest BCUT2D eigenvalue weighted by Gasteiger charge is -2.47. The molecule has 0 saturated carbocycles. The first-order valence-electron chi connectivity index (χ1n) is 8.75. The molecule has 1 aromatic carbocycles. The number of ketones is 1. The van der Waals surface area contributed by atoms with E-state index in [0.717, 1.165) is 25.3 Å². The van der Waals surface area contributed by atoms with Crippen LogP contribution in [-0.4, -0.2) is 48.9 Å². The van der Waals surface area contributed by atoms with E-state index in [1.807, 2.05) is 30.3 Å². The highest BCUT2D eigenvalue weighted by Gasteiger charge is 2.37. The van der Waals surface area contributed by atoms with Crippen molar-refractivity contribution in [3.05, 3.63) is 47.5 Å². The molecule has 3 nitrogen and oxygen atoms in total. The van der Waals surface area contributed by atoms with Crippen LogP contribution in [0.1, 0.15) is 43.0 Å². The smallest absolute Gasteiger partial charge is 0.176 e. The van der Waals surface area contributed by atoms with Gasteiger partial charge in [-0.15, -0.1) is 0 Å². The van der Waals surface area contributed by atoms with E-state index in [9.17, 15) is 4.79 Å². The summed E-state index contributed by atoms with van der Waals surface area (Å²) in [6, 6.07) is 9.66. The summed E-state index contributed by atoms with van der Waals surface area (Å²) in [5.74, 6) is 0.223. The Labute approximate surface area is 140 Å². The van der Waals surface area contributed by atoms with Gasteiger partial charge in [-0.25, -0.2) is 0 Å². The summed E-state index contributed by atoms with van der Waals surface area (Å²) in [4.78, 5) is 17.2. The molecule has 1 aromatic rings. The van der Waals surface area contributed by atoms with E-state index in [0.29, 0.717) is 6.54 Å². The van der Waals surface area contributed by atoms with Crippen LogP contribution in [0.15, 0.2) is 42.0 Å². The lowest BCUT2D eigenvalue weighted by atomic mass is 9.75. The summed E-state index contributed by atoms with van der Waals surface area (Å²) in [5.41, 5.74) is 2.61. The number of allylic oxidation sites excluding steroid dienone is 1. The van der Waals surface area contributed by atoms with Crippen LogP contribution in [0.3, 0.4) is 0 Å². The van der Waals surface area contributed by atoms with Crippen LogP contribution in [0.4, 0.5) is 0 Å². The normalized spacial score (nSPS) is 26.8. The van der Waals surface area contributed by atoms with E-state index in [4.69, 9.17) is 0 Å². The van der Waals surface area contributed by atoms with Gasteiger partial charge in [0.15, 0.2) is 5.78 Å². The maximum Gasteiger partial charge on any atom is 0.176 e. The van der Waals surface area contributed by atoms with Gasteiger partial charge < -0.3 is 0 Å². The number of carbonyl (C=O) groups excluding carboxylic acids is 1. The highest BCUT2D eigenvalue weighted by molar-refractivity contribution is 5.97. The van der Waals surface area contributed by atoms with Gasteiger partial charge in [-0.05, 0) is 32.7 Å². The molecule has 23 heavy (non-hydrogen) atoms. The monoisotopic (exact) mass is 312 g/mol. The van der Waals surface area contributed by atoms with Gasteiger partial charge in [-0.3, -0.25) is 14.6 Å².